The average molecular weight is 492 g/mol. The number of nitriles is 1. The number of allylic oxidation sites excluding steroid dienone is 1. The van der Waals surface area contributed by atoms with Gasteiger partial charge in [-0.1, -0.05) is 12.1 Å². The van der Waals surface area contributed by atoms with E-state index in [2.05, 4.69) is 69.1 Å². The normalized spacial score (nSPS) is 12.1. The summed E-state index contributed by atoms with van der Waals surface area (Å²) in [5, 5.41) is 10.7. The zero-order valence-corrected chi connectivity index (χ0v) is 22.7. The highest BCUT2D eigenvalue weighted by Crippen LogP contribution is 2.32. The molecule has 6 heteroatoms. The van der Waals surface area contributed by atoms with Crippen molar-refractivity contribution in [2.75, 3.05) is 52.3 Å². The summed E-state index contributed by atoms with van der Waals surface area (Å²) in [6, 6.07) is 16.7. The van der Waals surface area contributed by atoms with Gasteiger partial charge in [0.05, 0.1) is 50.1 Å². The molecule has 0 atom stereocenters. The Hall–Kier alpha value is -2.88. The number of anilines is 1. The van der Waals surface area contributed by atoms with Crippen LogP contribution in [0, 0.1) is 11.3 Å². The maximum Gasteiger partial charge on any atom is 0.135 e. The van der Waals surface area contributed by atoms with Crippen LogP contribution < -0.4 is 9.64 Å². The number of hydrogen-bond donors (Lipinski definition) is 0. The van der Waals surface area contributed by atoms with Gasteiger partial charge in [-0.2, -0.15) is 5.26 Å². The van der Waals surface area contributed by atoms with Crippen molar-refractivity contribution in [3.63, 3.8) is 0 Å². The highest BCUT2D eigenvalue weighted by atomic mass is 32.1. The smallest absolute Gasteiger partial charge is 0.135 e. The van der Waals surface area contributed by atoms with E-state index in [1.807, 2.05) is 30.3 Å². The van der Waals surface area contributed by atoms with Crippen LogP contribution in [-0.4, -0.2) is 56.9 Å². The Balaban J connectivity index is 1.78. The molecule has 35 heavy (non-hydrogen) atoms. The van der Waals surface area contributed by atoms with Crippen molar-refractivity contribution in [3.8, 4) is 11.8 Å². The molecular weight excluding hydrogens is 452 g/mol. The second-order valence-electron chi connectivity index (χ2n) is 9.83. The molecule has 0 aliphatic rings. The largest absolute Gasteiger partial charge is 0.493 e. The monoisotopic (exact) mass is 491 g/mol. The third-order valence-corrected chi connectivity index (χ3v) is 7.12. The zero-order chi connectivity index (χ0) is 25.3. The van der Waals surface area contributed by atoms with Crippen molar-refractivity contribution in [2.45, 2.75) is 39.5 Å². The molecule has 0 spiro atoms. The minimum Gasteiger partial charge on any atom is -0.493 e. The second kappa shape index (κ2) is 12.7. The Morgan fingerprint density at radius 1 is 1.06 bits per heavy atom. The molecule has 0 unspecified atom stereocenters. The van der Waals surface area contributed by atoms with Gasteiger partial charge in [0.1, 0.15) is 16.8 Å². The van der Waals surface area contributed by atoms with E-state index < -0.39 is 0 Å². The Kier molecular flexibility index (Phi) is 9.71. The van der Waals surface area contributed by atoms with Crippen molar-refractivity contribution in [3.05, 3.63) is 53.0 Å². The van der Waals surface area contributed by atoms with E-state index in [0.29, 0.717) is 12.2 Å². The Labute approximate surface area is 214 Å². The van der Waals surface area contributed by atoms with Gasteiger partial charge in [-0.05, 0) is 69.9 Å². The van der Waals surface area contributed by atoms with Crippen molar-refractivity contribution in [1.82, 2.24) is 4.98 Å². The number of ether oxygens (including phenoxy) is 1. The van der Waals surface area contributed by atoms with E-state index in [1.54, 1.807) is 11.3 Å². The van der Waals surface area contributed by atoms with Gasteiger partial charge in [-0.25, -0.2) is 4.98 Å². The van der Waals surface area contributed by atoms with Gasteiger partial charge in [0.2, 0.25) is 0 Å². The summed E-state index contributed by atoms with van der Waals surface area (Å²) in [4.78, 5) is 6.99. The van der Waals surface area contributed by atoms with Gasteiger partial charge in [0.25, 0.3) is 0 Å². The first-order chi connectivity index (χ1) is 16.8. The van der Waals surface area contributed by atoms with Crippen LogP contribution in [0.5, 0.6) is 5.75 Å². The minimum atomic E-state index is 0.562. The highest BCUT2D eigenvalue weighted by molar-refractivity contribution is 7.19. The SMILES string of the molecule is CCN(CC)c1ccc(/C=C(\C#N)c2nc3ccccc3s2)c(OCCCCCC[N+](C)(C)C)c1. The van der Waals surface area contributed by atoms with E-state index >= 15 is 0 Å². The zero-order valence-electron chi connectivity index (χ0n) is 21.9. The molecular formula is C29H39N4OS+. The van der Waals surface area contributed by atoms with Crippen LogP contribution in [0.4, 0.5) is 5.69 Å². The van der Waals surface area contributed by atoms with Crippen LogP contribution in [0.2, 0.25) is 0 Å². The number of unbranched alkanes of at least 4 members (excludes halogenated alkanes) is 3. The van der Waals surface area contributed by atoms with E-state index in [0.717, 1.165) is 62.6 Å². The molecule has 0 aliphatic heterocycles. The van der Waals surface area contributed by atoms with Crippen molar-refractivity contribution < 1.29 is 9.22 Å². The fourth-order valence-electron chi connectivity index (χ4n) is 4.06. The number of rotatable bonds is 13. The van der Waals surface area contributed by atoms with Crippen molar-refractivity contribution >= 4 is 38.9 Å². The number of quaternary nitrogens is 1. The molecule has 0 saturated carbocycles. The molecule has 0 N–H and O–H groups in total. The molecule has 186 valence electrons. The predicted molar refractivity (Wildman–Crippen MR) is 150 cm³/mol. The van der Waals surface area contributed by atoms with Gasteiger partial charge in [-0.15, -0.1) is 11.3 Å². The van der Waals surface area contributed by atoms with E-state index in [4.69, 9.17) is 4.74 Å². The van der Waals surface area contributed by atoms with Crippen LogP contribution in [0.3, 0.4) is 0 Å². The first-order valence-corrected chi connectivity index (χ1v) is 13.5. The van der Waals surface area contributed by atoms with Gasteiger partial charge in [0, 0.05) is 30.4 Å². The number of para-hydroxylation sites is 1. The molecule has 0 bridgehead atoms. The van der Waals surface area contributed by atoms with E-state index in [1.165, 1.54) is 19.4 Å². The fourth-order valence-corrected chi connectivity index (χ4v) is 4.99. The lowest BCUT2D eigenvalue weighted by atomic mass is 10.1. The minimum absolute atomic E-state index is 0.562. The molecule has 3 aromatic rings. The third-order valence-electron chi connectivity index (χ3n) is 6.05. The number of fused-ring (bicyclic) bond motifs is 1. The molecule has 1 aromatic heterocycles. The predicted octanol–water partition coefficient (Wildman–Crippen LogP) is 6.85. The van der Waals surface area contributed by atoms with Crippen LogP contribution in [0.15, 0.2) is 42.5 Å². The standard InChI is InChI=1S/C29H39N4OS/c1-6-32(7-2)25-17-16-23(27(21-25)34-19-13-9-8-12-18-33(3,4)5)20-24(22-30)29-31-26-14-10-11-15-28(26)35-29/h10-11,14-17,20-21H,6-9,12-13,18-19H2,1-5H3/q+1/b24-20+. The maximum atomic E-state index is 9.93. The van der Waals surface area contributed by atoms with Gasteiger partial charge >= 0.3 is 0 Å². The molecule has 0 fully saturated rings. The lowest BCUT2D eigenvalue weighted by Gasteiger charge is -2.23. The number of nitrogens with zero attached hydrogens (tertiary/aromatic N) is 4. The molecule has 3 rings (SSSR count). The van der Waals surface area contributed by atoms with Gasteiger partial charge in [0.15, 0.2) is 0 Å². The van der Waals surface area contributed by atoms with Crippen molar-refractivity contribution in [1.29, 1.82) is 5.26 Å². The molecule has 0 saturated heterocycles. The summed E-state index contributed by atoms with van der Waals surface area (Å²) in [6.07, 6.45) is 6.57. The van der Waals surface area contributed by atoms with Crippen LogP contribution >= 0.6 is 11.3 Å². The lowest BCUT2D eigenvalue weighted by molar-refractivity contribution is -0.870. The molecule has 0 radical (unpaired) electrons. The Morgan fingerprint density at radius 2 is 1.80 bits per heavy atom. The summed E-state index contributed by atoms with van der Waals surface area (Å²) < 4.78 is 8.40. The third kappa shape index (κ3) is 7.81. The van der Waals surface area contributed by atoms with Crippen LogP contribution in [0.1, 0.15) is 50.1 Å². The Bertz CT molecular complexity index is 1130. The summed E-state index contributed by atoms with van der Waals surface area (Å²) in [7, 11) is 6.72. The molecule has 1 heterocycles. The molecule has 5 nitrogen and oxygen atoms in total. The number of thiazole rings is 1. The average Bonchev–Trinajstić information content (AvgIpc) is 3.27. The fraction of sp³-hybridized carbons (Fsp3) is 0.448. The van der Waals surface area contributed by atoms with Crippen LogP contribution in [0.25, 0.3) is 21.9 Å². The van der Waals surface area contributed by atoms with E-state index in [-0.39, 0.29) is 0 Å². The van der Waals surface area contributed by atoms with Crippen molar-refractivity contribution in [2.24, 2.45) is 0 Å². The molecule has 0 amide bonds. The quantitative estimate of drug-likeness (QED) is 0.149. The van der Waals surface area contributed by atoms with E-state index in [9.17, 15) is 5.26 Å². The lowest BCUT2D eigenvalue weighted by Crippen LogP contribution is -2.35. The first kappa shape index (κ1) is 26.7. The summed E-state index contributed by atoms with van der Waals surface area (Å²) >= 11 is 1.55. The number of hydrogen-bond acceptors (Lipinski definition) is 5. The number of benzene rings is 2. The molecule has 2 aromatic carbocycles. The highest BCUT2D eigenvalue weighted by Gasteiger charge is 2.13. The maximum absolute atomic E-state index is 9.93. The Morgan fingerprint density at radius 3 is 2.49 bits per heavy atom. The van der Waals surface area contributed by atoms with Gasteiger partial charge in [-0.3, -0.25) is 0 Å². The first-order valence-electron chi connectivity index (χ1n) is 12.6. The topological polar surface area (TPSA) is 49.2 Å². The van der Waals surface area contributed by atoms with Gasteiger partial charge < -0.3 is 14.1 Å². The van der Waals surface area contributed by atoms with Crippen LogP contribution in [-0.2, 0) is 0 Å². The summed E-state index contributed by atoms with van der Waals surface area (Å²) in [5.74, 6) is 0.828. The summed E-state index contributed by atoms with van der Waals surface area (Å²) in [6.45, 7) is 8.07. The summed E-state index contributed by atoms with van der Waals surface area (Å²) in [5.41, 5.74) is 3.55. The molecule has 0 aliphatic carbocycles. The second-order valence-corrected chi connectivity index (χ2v) is 10.9. The number of aromatic nitrogens is 1.